The number of carboxylic acids is 1. The van der Waals surface area contributed by atoms with Crippen molar-refractivity contribution in [1.29, 1.82) is 0 Å². The van der Waals surface area contributed by atoms with Gasteiger partial charge in [0.25, 0.3) is 0 Å². The number of aromatic nitrogens is 1. The second-order valence-corrected chi connectivity index (χ2v) is 3.98. The molecule has 0 saturated carbocycles. The fourth-order valence-corrected chi connectivity index (χ4v) is 1.63. The van der Waals surface area contributed by atoms with Gasteiger partial charge in [-0.2, -0.15) is 0 Å². The van der Waals surface area contributed by atoms with Crippen molar-refractivity contribution in [2.24, 2.45) is 0 Å². The monoisotopic (exact) mass is 284 g/mol. The van der Waals surface area contributed by atoms with Crippen LogP contribution in [0.15, 0.2) is 30.3 Å². The third kappa shape index (κ3) is 2.97. The van der Waals surface area contributed by atoms with Gasteiger partial charge >= 0.3 is 5.97 Å². The average molecular weight is 285 g/mol. The molecule has 0 aliphatic carbocycles. The van der Waals surface area contributed by atoms with Crippen LogP contribution in [0.2, 0.25) is 5.15 Å². The van der Waals surface area contributed by atoms with Crippen LogP contribution in [0, 0.1) is 11.6 Å². The van der Waals surface area contributed by atoms with Crippen LogP contribution in [0.25, 0.3) is 0 Å². The molecule has 0 unspecified atom stereocenters. The Bertz CT molecular complexity index is 650. The summed E-state index contributed by atoms with van der Waals surface area (Å²) in [4.78, 5) is 14.6. The summed E-state index contributed by atoms with van der Waals surface area (Å²) in [6.07, 6.45) is 0. The molecule has 0 amide bonds. The standard InChI is InChI=1S/C12H7ClF2N2O2/c13-9-4-6(12(18)19)5-10(17-9)16-8-3-1-2-7(14)11(8)15/h1-5H,(H,16,17)(H,18,19). The Kier molecular flexibility index (Phi) is 3.62. The number of rotatable bonds is 3. The summed E-state index contributed by atoms with van der Waals surface area (Å²) in [7, 11) is 0. The van der Waals surface area contributed by atoms with Crippen molar-refractivity contribution in [3.8, 4) is 0 Å². The molecule has 2 N–H and O–H groups in total. The van der Waals surface area contributed by atoms with Gasteiger partial charge in [0.1, 0.15) is 11.0 Å². The van der Waals surface area contributed by atoms with Gasteiger partial charge in [0.05, 0.1) is 11.3 Å². The van der Waals surface area contributed by atoms with Crippen LogP contribution in [-0.4, -0.2) is 16.1 Å². The van der Waals surface area contributed by atoms with E-state index in [2.05, 4.69) is 10.3 Å². The Morgan fingerprint density at radius 2 is 2.05 bits per heavy atom. The van der Waals surface area contributed by atoms with Crippen molar-refractivity contribution in [3.05, 3.63) is 52.7 Å². The third-order valence-corrected chi connectivity index (χ3v) is 2.45. The summed E-state index contributed by atoms with van der Waals surface area (Å²) in [6, 6.07) is 5.88. The molecule has 1 aromatic heterocycles. The highest BCUT2D eigenvalue weighted by Crippen LogP contribution is 2.22. The number of aromatic carboxylic acids is 1. The number of nitrogens with zero attached hydrogens (tertiary/aromatic N) is 1. The molecule has 2 aromatic rings. The van der Waals surface area contributed by atoms with Gasteiger partial charge in [0.15, 0.2) is 11.6 Å². The van der Waals surface area contributed by atoms with E-state index in [1.165, 1.54) is 18.2 Å². The molecule has 0 aliphatic rings. The molecule has 98 valence electrons. The Hall–Kier alpha value is -2.21. The largest absolute Gasteiger partial charge is 0.478 e. The lowest BCUT2D eigenvalue weighted by atomic mass is 10.2. The Morgan fingerprint density at radius 3 is 2.74 bits per heavy atom. The zero-order valence-corrected chi connectivity index (χ0v) is 10.1. The van der Waals surface area contributed by atoms with Crippen LogP contribution in [-0.2, 0) is 0 Å². The van der Waals surface area contributed by atoms with E-state index in [0.717, 1.165) is 12.1 Å². The first kappa shape index (κ1) is 13.2. The number of halogens is 3. The van der Waals surface area contributed by atoms with Crippen LogP contribution in [0.3, 0.4) is 0 Å². The van der Waals surface area contributed by atoms with Crippen LogP contribution in [0.5, 0.6) is 0 Å². The fraction of sp³-hybridized carbons (Fsp3) is 0. The highest BCUT2D eigenvalue weighted by Gasteiger charge is 2.11. The molecule has 4 nitrogen and oxygen atoms in total. The Balaban J connectivity index is 2.38. The predicted molar refractivity (Wildman–Crippen MR) is 65.8 cm³/mol. The van der Waals surface area contributed by atoms with Crippen molar-refractivity contribution in [1.82, 2.24) is 4.98 Å². The molecule has 0 spiro atoms. The van der Waals surface area contributed by atoms with Gasteiger partial charge in [-0.15, -0.1) is 0 Å². The van der Waals surface area contributed by atoms with Crippen LogP contribution < -0.4 is 5.32 Å². The summed E-state index contributed by atoms with van der Waals surface area (Å²) in [5.41, 5.74) is -0.273. The lowest BCUT2D eigenvalue weighted by Gasteiger charge is -2.08. The number of carboxylic acid groups (broad SMARTS) is 1. The summed E-state index contributed by atoms with van der Waals surface area (Å²) < 4.78 is 26.4. The molecule has 0 atom stereocenters. The molecule has 1 aromatic carbocycles. The number of hydrogen-bond acceptors (Lipinski definition) is 3. The van der Waals surface area contributed by atoms with E-state index in [9.17, 15) is 13.6 Å². The van der Waals surface area contributed by atoms with Gasteiger partial charge in [-0.1, -0.05) is 17.7 Å². The Morgan fingerprint density at radius 1 is 1.32 bits per heavy atom. The van der Waals surface area contributed by atoms with E-state index in [0.29, 0.717) is 0 Å². The van der Waals surface area contributed by atoms with Gasteiger partial charge in [-0.3, -0.25) is 0 Å². The minimum atomic E-state index is -1.20. The topological polar surface area (TPSA) is 62.2 Å². The third-order valence-electron chi connectivity index (χ3n) is 2.26. The summed E-state index contributed by atoms with van der Waals surface area (Å²) in [5, 5.41) is 11.3. The van der Waals surface area contributed by atoms with Gasteiger partial charge in [0.2, 0.25) is 0 Å². The molecule has 0 bridgehead atoms. The van der Waals surface area contributed by atoms with Gasteiger partial charge in [-0.25, -0.2) is 18.6 Å². The minimum absolute atomic E-state index is 0.00870. The normalized spacial score (nSPS) is 10.3. The van der Waals surface area contributed by atoms with Crippen LogP contribution in [0.1, 0.15) is 10.4 Å². The number of hydrogen-bond donors (Lipinski definition) is 2. The van der Waals surface area contributed by atoms with E-state index < -0.39 is 17.6 Å². The molecule has 0 saturated heterocycles. The van der Waals surface area contributed by atoms with Crippen molar-refractivity contribution in [2.45, 2.75) is 0 Å². The predicted octanol–water partition coefficient (Wildman–Crippen LogP) is 3.46. The second-order valence-electron chi connectivity index (χ2n) is 3.60. The maximum absolute atomic E-state index is 13.4. The van der Waals surface area contributed by atoms with E-state index in [4.69, 9.17) is 16.7 Å². The summed E-state index contributed by atoms with van der Waals surface area (Å²) in [5.74, 6) is -3.30. The van der Waals surface area contributed by atoms with Gasteiger partial charge in [0, 0.05) is 0 Å². The number of nitrogens with one attached hydrogen (secondary N) is 1. The number of anilines is 2. The van der Waals surface area contributed by atoms with Crippen LogP contribution >= 0.6 is 11.6 Å². The number of carbonyl (C=O) groups is 1. The molecule has 1 heterocycles. The average Bonchev–Trinajstić information content (AvgIpc) is 2.34. The van der Waals surface area contributed by atoms with Crippen molar-refractivity contribution < 1.29 is 18.7 Å². The van der Waals surface area contributed by atoms with E-state index in [-0.39, 0.29) is 22.2 Å². The molecular weight excluding hydrogens is 278 g/mol. The van der Waals surface area contributed by atoms with Crippen molar-refractivity contribution in [3.63, 3.8) is 0 Å². The zero-order chi connectivity index (χ0) is 14.0. The molecule has 7 heteroatoms. The van der Waals surface area contributed by atoms with E-state index >= 15 is 0 Å². The summed E-state index contributed by atoms with van der Waals surface area (Å²) >= 11 is 5.65. The van der Waals surface area contributed by atoms with Crippen molar-refractivity contribution >= 4 is 29.1 Å². The molecule has 0 aliphatic heterocycles. The van der Waals surface area contributed by atoms with Crippen molar-refractivity contribution in [2.75, 3.05) is 5.32 Å². The van der Waals surface area contributed by atoms with E-state index in [1.807, 2.05) is 0 Å². The quantitative estimate of drug-likeness (QED) is 0.847. The smallest absolute Gasteiger partial charge is 0.335 e. The highest BCUT2D eigenvalue weighted by molar-refractivity contribution is 6.29. The molecule has 2 rings (SSSR count). The first-order chi connectivity index (χ1) is 8.97. The number of benzene rings is 1. The fourth-order valence-electron chi connectivity index (χ4n) is 1.42. The molecule has 0 fully saturated rings. The summed E-state index contributed by atoms with van der Waals surface area (Å²) in [6.45, 7) is 0. The highest BCUT2D eigenvalue weighted by atomic mass is 35.5. The Labute approximate surface area is 111 Å². The van der Waals surface area contributed by atoms with Gasteiger partial charge in [-0.05, 0) is 24.3 Å². The molecule has 19 heavy (non-hydrogen) atoms. The lowest BCUT2D eigenvalue weighted by Crippen LogP contribution is -2.02. The maximum atomic E-state index is 13.4. The zero-order valence-electron chi connectivity index (χ0n) is 9.32. The van der Waals surface area contributed by atoms with E-state index in [1.54, 1.807) is 0 Å². The molecule has 0 radical (unpaired) electrons. The maximum Gasteiger partial charge on any atom is 0.335 e. The molecular formula is C12H7ClF2N2O2. The first-order valence-corrected chi connectivity index (χ1v) is 5.47. The van der Waals surface area contributed by atoms with Crippen LogP contribution in [0.4, 0.5) is 20.3 Å². The minimum Gasteiger partial charge on any atom is -0.478 e. The second kappa shape index (κ2) is 5.19. The SMILES string of the molecule is O=C(O)c1cc(Cl)nc(Nc2cccc(F)c2F)c1. The van der Waals surface area contributed by atoms with Gasteiger partial charge < -0.3 is 10.4 Å². The first-order valence-electron chi connectivity index (χ1n) is 5.09. The lowest BCUT2D eigenvalue weighted by molar-refractivity contribution is 0.0697. The number of pyridine rings is 1.